The van der Waals surface area contributed by atoms with E-state index in [4.69, 9.17) is 14.2 Å². The summed E-state index contributed by atoms with van der Waals surface area (Å²) in [6.45, 7) is 7.13. The number of anilines is 1. The number of ether oxygens (including phenoxy) is 3. The molecule has 0 unspecified atom stereocenters. The molecule has 0 saturated carbocycles. The van der Waals surface area contributed by atoms with Crippen molar-refractivity contribution in [2.24, 2.45) is 0 Å². The smallest absolute Gasteiger partial charge is 0.350 e. The Morgan fingerprint density at radius 3 is 2.69 bits per heavy atom. The molecule has 1 fully saturated rings. The van der Waals surface area contributed by atoms with Gasteiger partial charge in [0.1, 0.15) is 34.8 Å². The lowest BCUT2D eigenvalue weighted by Gasteiger charge is -2.23. The van der Waals surface area contributed by atoms with E-state index in [1.165, 1.54) is 18.1 Å². The Bertz CT molecular complexity index is 1520. The van der Waals surface area contributed by atoms with E-state index in [2.05, 4.69) is 11.6 Å². The highest BCUT2D eigenvalue weighted by Crippen LogP contribution is 2.44. The molecule has 0 aliphatic carbocycles. The van der Waals surface area contributed by atoms with Gasteiger partial charge in [-0.3, -0.25) is 14.5 Å². The van der Waals surface area contributed by atoms with E-state index in [0.717, 1.165) is 22.6 Å². The lowest BCUT2D eigenvalue weighted by Crippen LogP contribution is -2.29. The zero-order valence-corrected chi connectivity index (χ0v) is 22.4. The fourth-order valence-electron chi connectivity index (χ4n) is 4.73. The number of hydrogen-bond donors (Lipinski definition) is 1. The fraction of sp³-hybridized carbons (Fsp3) is 0.241. The van der Waals surface area contributed by atoms with E-state index in [0.29, 0.717) is 29.0 Å². The summed E-state index contributed by atoms with van der Waals surface area (Å²) in [5, 5.41) is 11.6. The Morgan fingerprint density at radius 1 is 1.26 bits per heavy atom. The molecule has 2 aliphatic heterocycles. The maximum atomic E-state index is 13.5. The van der Waals surface area contributed by atoms with E-state index in [9.17, 15) is 19.5 Å². The van der Waals surface area contributed by atoms with Gasteiger partial charge in [0.15, 0.2) is 5.13 Å². The molecule has 5 rings (SSSR count). The van der Waals surface area contributed by atoms with Crippen LogP contribution in [-0.4, -0.2) is 47.6 Å². The molecule has 2 atom stereocenters. The number of thiazole rings is 1. The van der Waals surface area contributed by atoms with Crippen LogP contribution < -0.4 is 14.4 Å². The van der Waals surface area contributed by atoms with Crippen molar-refractivity contribution in [1.29, 1.82) is 0 Å². The standard InChI is InChI=1S/C29H26N2O7S/c1-5-12-37-28(35)26-16(3)30-29(39-26)31-23(17-6-9-20(36-4)10-7-17)22(25(33)27(31)34)24(32)18-8-11-21-19(14-18)13-15(2)38-21/h5-11,14-15,23,32H,1,12-13H2,2-4H3/b24-22+/t15-,23-/m0/s1. The number of aromatic nitrogens is 1. The zero-order valence-electron chi connectivity index (χ0n) is 21.6. The van der Waals surface area contributed by atoms with E-state index in [-0.39, 0.29) is 34.1 Å². The molecule has 39 heavy (non-hydrogen) atoms. The fourth-order valence-corrected chi connectivity index (χ4v) is 5.72. The zero-order chi connectivity index (χ0) is 27.8. The number of carbonyl (C=O) groups excluding carboxylic acids is 3. The number of esters is 1. The number of carbonyl (C=O) groups is 3. The quantitative estimate of drug-likeness (QED) is 0.148. The molecule has 200 valence electrons. The van der Waals surface area contributed by atoms with Gasteiger partial charge in [-0.15, -0.1) is 0 Å². The Hall–Kier alpha value is -4.44. The largest absolute Gasteiger partial charge is 0.507 e. The number of Topliss-reactive ketones (excluding diaryl/α,β-unsaturated/α-hetero) is 1. The van der Waals surface area contributed by atoms with Crippen LogP contribution in [0, 0.1) is 6.92 Å². The van der Waals surface area contributed by atoms with Crippen molar-refractivity contribution in [1.82, 2.24) is 4.98 Å². The number of hydrogen-bond acceptors (Lipinski definition) is 9. The predicted octanol–water partition coefficient (Wildman–Crippen LogP) is 4.75. The average molecular weight is 547 g/mol. The molecule has 1 N–H and O–H groups in total. The minimum Gasteiger partial charge on any atom is -0.507 e. The molecule has 3 aromatic rings. The Balaban J connectivity index is 1.64. The number of aryl methyl sites for hydroxylation is 1. The second-order valence-corrected chi connectivity index (χ2v) is 10.2. The van der Waals surface area contributed by atoms with Gasteiger partial charge in [-0.2, -0.15) is 0 Å². The molecule has 9 nitrogen and oxygen atoms in total. The summed E-state index contributed by atoms with van der Waals surface area (Å²) in [6, 6.07) is 11.0. The topological polar surface area (TPSA) is 115 Å². The molecule has 1 aromatic heterocycles. The maximum absolute atomic E-state index is 13.5. The second-order valence-electron chi connectivity index (χ2n) is 9.20. The molecule has 3 heterocycles. The van der Waals surface area contributed by atoms with Crippen LogP contribution in [0.3, 0.4) is 0 Å². The summed E-state index contributed by atoms with van der Waals surface area (Å²) in [4.78, 5) is 45.4. The average Bonchev–Trinajstić information content (AvgIpc) is 3.58. The first-order valence-electron chi connectivity index (χ1n) is 12.2. The van der Waals surface area contributed by atoms with Gasteiger partial charge < -0.3 is 19.3 Å². The van der Waals surface area contributed by atoms with Crippen LogP contribution in [0.4, 0.5) is 5.13 Å². The number of nitrogens with zero attached hydrogens (tertiary/aromatic N) is 2. The van der Waals surface area contributed by atoms with Gasteiger partial charge in [0.2, 0.25) is 0 Å². The molecule has 10 heteroatoms. The highest BCUT2D eigenvalue weighted by molar-refractivity contribution is 7.17. The number of aliphatic hydroxyl groups is 1. The summed E-state index contributed by atoms with van der Waals surface area (Å²) in [5.74, 6) is -1.33. The Labute approximate surface area is 229 Å². The number of fused-ring (bicyclic) bond motifs is 1. The Kier molecular flexibility index (Phi) is 6.96. The van der Waals surface area contributed by atoms with E-state index in [1.807, 2.05) is 6.92 Å². The van der Waals surface area contributed by atoms with Crippen LogP contribution >= 0.6 is 11.3 Å². The van der Waals surface area contributed by atoms with Gasteiger partial charge in [0, 0.05) is 12.0 Å². The van der Waals surface area contributed by atoms with Crippen LogP contribution in [0.5, 0.6) is 11.5 Å². The summed E-state index contributed by atoms with van der Waals surface area (Å²) in [7, 11) is 1.53. The highest BCUT2D eigenvalue weighted by Gasteiger charge is 2.48. The third-order valence-electron chi connectivity index (χ3n) is 6.55. The van der Waals surface area contributed by atoms with Crippen LogP contribution in [0.15, 0.2) is 60.7 Å². The van der Waals surface area contributed by atoms with Crippen LogP contribution in [0.25, 0.3) is 5.76 Å². The number of benzene rings is 2. The molecule has 1 amide bonds. The number of aliphatic hydroxyl groups excluding tert-OH is 1. The van der Waals surface area contributed by atoms with Gasteiger partial charge in [-0.1, -0.05) is 36.1 Å². The first-order chi connectivity index (χ1) is 18.7. The lowest BCUT2D eigenvalue weighted by molar-refractivity contribution is -0.132. The van der Waals surface area contributed by atoms with Crippen LogP contribution in [0.2, 0.25) is 0 Å². The molecule has 0 radical (unpaired) electrons. The van der Waals surface area contributed by atoms with Crippen LogP contribution in [0.1, 0.15) is 45.0 Å². The monoisotopic (exact) mass is 546 g/mol. The summed E-state index contributed by atoms with van der Waals surface area (Å²) in [6.07, 6.45) is 2.11. The second kappa shape index (κ2) is 10.4. The minimum atomic E-state index is -0.998. The van der Waals surface area contributed by atoms with Gasteiger partial charge in [0.05, 0.1) is 24.4 Å². The summed E-state index contributed by atoms with van der Waals surface area (Å²) in [5.41, 5.74) is 2.12. The Morgan fingerprint density at radius 2 is 2.00 bits per heavy atom. The first kappa shape index (κ1) is 26.2. The number of rotatable bonds is 7. The molecule has 0 spiro atoms. The lowest BCUT2D eigenvalue weighted by atomic mass is 9.94. The molecular formula is C29H26N2O7S. The van der Waals surface area contributed by atoms with Crippen LogP contribution in [-0.2, 0) is 20.7 Å². The van der Waals surface area contributed by atoms with Crippen molar-refractivity contribution < 1.29 is 33.7 Å². The number of amides is 1. The molecule has 0 bridgehead atoms. The maximum Gasteiger partial charge on any atom is 0.350 e. The van der Waals surface area contributed by atoms with Gasteiger partial charge >= 0.3 is 11.9 Å². The van der Waals surface area contributed by atoms with Gasteiger partial charge in [0.25, 0.3) is 5.78 Å². The minimum absolute atomic E-state index is 0.00258. The van der Waals surface area contributed by atoms with Gasteiger partial charge in [-0.05, 0) is 55.3 Å². The first-order valence-corrected chi connectivity index (χ1v) is 13.1. The van der Waals surface area contributed by atoms with Crippen molar-refractivity contribution in [2.45, 2.75) is 32.4 Å². The molecule has 2 aliphatic rings. The van der Waals surface area contributed by atoms with Crippen molar-refractivity contribution >= 4 is 39.9 Å². The van der Waals surface area contributed by atoms with Crippen molar-refractivity contribution in [3.05, 3.63) is 88.0 Å². The molecule has 1 saturated heterocycles. The summed E-state index contributed by atoms with van der Waals surface area (Å²) >= 11 is 0.941. The number of methoxy groups -OCH3 is 1. The summed E-state index contributed by atoms with van der Waals surface area (Å²) < 4.78 is 16.2. The van der Waals surface area contributed by atoms with E-state index < -0.39 is 23.7 Å². The predicted molar refractivity (Wildman–Crippen MR) is 145 cm³/mol. The SMILES string of the molecule is C=CCOC(=O)c1sc(N2C(=O)C(=O)/C(=C(/O)c3ccc4c(c3)C[C@H](C)O4)[C@@H]2c2ccc(OC)cc2)nc1C. The van der Waals surface area contributed by atoms with Crippen molar-refractivity contribution in [3.8, 4) is 11.5 Å². The third kappa shape index (κ3) is 4.67. The normalized spacial score (nSPS) is 19.5. The van der Waals surface area contributed by atoms with Gasteiger partial charge in [-0.25, -0.2) is 9.78 Å². The molecular weight excluding hydrogens is 520 g/mol. The van der Waals surface area contributed by atoms with Crippen molar-refractivity contribution in [3.63, 3.8) is 0 Å². The van der Waals surface area contributed by atoms with E-state index in [1.54, 1.807) is 49.4 Å². The highest BCUT2D eigenvalue weighted by atomic mass is 32.1. The molecule has 2 aromatic carbocycles. The van der Waals surface area contributed by atoms with Crippen molar-refractivity contribution in [2.75, 3.05) is 18.6 Å². The number of ketones is 1. The van der Waals surface area contributed by atoms with E-state index >= 15 is 0 Å². The third-order valence-corrected chi connectivity index (χ3v) is 7.69.